The molecule has 104 valence electrons. The van der Waals surface area contributed by atoms with Crippen molar-refractivity contribution in [1.82, 2.24) is 9.97 Å². The highest BCUT2D eigenvalue weighted by Crippen LogP contribution is 2.24. The lowest BCUT2D eigenvalue weighted by atomic mass is 9.96. The van der Waals surface area contributed by atoms with Gasteiger partial charge in [0.2, 0.25) is 0 Å². The Morgan fingerprint density at radius 1 is 1.05 bits per heavy atom. The fraction of sp³-hybridized carbons (Fsp3) is 0.375. The SMILES string of the molecule is Oc1ccc(CCNc2ncnc3c2CCCC3)cc1. The minimum Gasteiger partial charge on any atom is -0.508 e. The van der Waals surface area contributed by atoms with Crippen LogP contribution < -0.4 is 5.32 Å². The van der Waals surface area contributed by atoms with Crippen molar-refractivity contribution in [3.8, 4) is 5.75 Å². The van der Waals surface area contributed by atoms with Crippen LogP contribution >= 0.6 is 0 Å². The Morgan fingerprint density at radius 2 is 1.85 bits per heavy atom. The molecule has 0 radical (unpaired) electrons. The zero-order valence-corrected chi connectivity index (χ0v) is 11.5. The first-order chi connectivity index (χ1) is 9.83. The summed E-state index contributed by atoms with van der Waals surface area (Å²) in [6, 6.07) is 7.35. The number of aryl methyl sites for hydroxylation is 1. The number of rotatable bonds is 4. The number of nitrogens with zero attached hydrogens (tertiary/aromatic N) is 2. The third-order valence-electron chi connectivity index (χ3n) is 3.77. The molecule has 0 saturated carbocycles. The van der Waals surface area contributed by atoms with Crippen LogP contribution in [0.2, 0.25) is 0 Å². The summed E-state index contributed by atoms with van der Waals surface area (Å²) in [7, 11) is 0. The van der Waals surface area contributed by atoms with Gasteiger partial charge < -0.3 is 10.4 Å². The van der Waals surface area contributed by atoms with Crippen molar-refractivity contribution >= 4 is 5.82 Å². The lowest BCUT2D eigenvalue weighted by Crippen LogP contribution is -2.13. The van der Waals surface area contributed by atoms with E-state index < -0.39 is 0 Å². The van der Waals surface area contributed by atoms with Crippen LogP contribution in [0.3, 0.4) is 0 Å². The van der Waals surface area contributed by atoms with Crippen molar-refractivity contribution in [3.05, 3.63) is 47.4 Å². The smallest absolute Gasteiger partial charge is 0.132 e. The molecule has 4 heteroatoms. The monoisotopic (exact) mass is 269 g/mol. The molecule has 3 rings (SSSR count). The maximum atomic E-state index is 9.26. The average Bonchev–Trinajstić information content (AvgIpc) is 2.49. The molecule has 20 heavy (non-hydrogen) atoms. The van der Waals surface area contributed by atoms with Crippen molar-refractivity contribution in [2.24, 2.45) is 0 Å². The Hall–Kier alpha value is -2.10. The molecule has 2 aromatic rings. The van der Waals surface area contributed by atoms with Gasteiger partial charge in [-0.25, -0.2) is 9.97 Å². The van der Waals surface area contributed by atoms with E-state index in [-0.39, 0.29) is 0 Å². The van der Waals surface area contributed by atoms with E-state index in [9.17, 15) is 5.11 Å². The minimum atomic E-state index is 0.312. The van der Waals surface area contributed by atoms with Gasteiger partial charge in [0.1, 0.15) is 17.9 Å². The molecule has 0 atom stereocenters. The van der Waals surface area contributed by atoms with Gasteiger partial charge in [0, 0.05) is 17.8 Å². The molecule has 1 heterocycles. The summed E-state index contributed by atoms with van der Waals surface area (Å²) < 4.78 is 0. The normalized spacial score (nSPS) is 13.8. The van der Waals surface area contributed by atoms with E-state index in [0.717, 1.165) is 31.6 Å². The van der Waals surface area contributed by atoms with Gasteiger partial charge in [-0.15, -0.1) is 0 Å². The molecule has 0 amide bonds. The second-order valence-corrected chi connectivity index (χ2v) is 5.20. The summed E-state index contributed by atoms with van der Waals surface area (Å²) in [5.41, 5.74) is 3.71. The Bertz CT molecular complexity index is 581. The third-order valence-corrected chi connectivity index (χ3v) is 3.77. The fourth-order valence-electron chi connectivity index (χ4n) is 2.66. The van der Waals surface area contributed by atoms with E-state index in [1.165, 1.54) is 29.7 Å². The quantitative estimate of drug-likeness (QED) is 0.896. The van der Waals surface area contributed by atoms with E-state index in [2.05, 4.69) is 15.3 Å². The number of aromatic hydroxyl groups is 1. The molecule has 1 aliphatic carbocycles. The van der Waals surface area contributed by atoms with Gasteiger partial charge in [-0.05, 0) is 49.8 Å². The number of phenolic OH excluding ortho intramolecular Hbond substituents is 1. The van der Waals surface area contributed by atoms with Crippen molar-refractivity contribution in [2.45, 2.75) is 32.1 Å². The first kappa shape index (κ1) is 12.9. The van der Waals surface area contributed by atoms with E-state index in [1.807, 2.05) is 12.1 Å². The molecule has 0 aliphatic heterocycles. The molecule has 0 unspecified atom stereocenters. The van der Waals surface area contributed by atoms with Crippen LogP contribution in [0.4, 0.5) is 5.82 Å². The zero-order valence-electron chi connectivity index (χ0n) is 11.5. The number of benzene rings is 1. The Balaban J connectivity index is 1.62. The predicted octanol–water partition coefficient (Wildman–Crippen LogP) is 2.72. The van der Waals surface area contributed by atoms with Crippen molar-refractivity contribution in [3.63, 3.8) is 0 Å². The van der Waals surface area contributed by atoms with Gasteiger partial charge in [-0.2, -0.15) is 0 Å². The molecule has 0 saturated heterocycles. The van der Waals surface area contributed by atoms with Gasteiger partial charge in [0.25, 0.3) is 0 Å². The zero-order chi connectivity index (χ0) is 13.8. The summed E-state index contributed by atoms with van der Waals surface area (Å²) in [5.74, 6) is 1.31. The van der Waals surface area contributed by atoms with Crippen molar-refractivity contribution in [2.75, 3.05) is 11.9 Å². The summed E-state index contributed by atoms with van der Waals surface area (Å²) in [5, 5.41) is 12.7. The molecular weight excluding hydrogens is 250 g/mol. The highest BCUT2D eigenvalue weighted by atomic mass is 16.3. The number of aromatic nitrogens is 2. The molecule has 0 fully saturated rings. The lowest BCUT2D eigenvalue weighted by molar-refractivity contribution is 0.475. The summed E-state index contributed by atoms with van der Waals surface area (Å²) >= 11 is 0. The van der Waals surface area contributed by atoms with Gasteiger partial charge in [-0.1, -0.05) is 12.1 Å². The minimum absolute atomic E-state index is 0.312. The van der Waals surface area contributed by atoms with E-state index in [1.54, 1.807) is 18.5 Å². The van der Waals surface area contributed by atoms with Crippen LogP contribution in [0.15, 0.2) is 30.6 Å². The standard InChI is InChI=1S/C16H19N3O/c20-13-7-5-12(6-8-13)9-10-17-16-14-3-1-2-4-15(14)18-11-19-16/h5-8,11,20H,1-4,9-10H2,(H,17,18,19). The predicted molar refractivity (Wildman–Crippen MR) is 79.0 cm³/mol. The molecule has 1 aromatic heterocycles. The first-order valence-electron chi connectivity index (χ1n) is 7.17. The number of anilines is 1. The highest BCUT2D eigenvalue weighted by molar-refractivity contribution is 5.47. The van der Waals surface area contributed by atoms with E-state index >= 15 is 0 Å². The Morgan fingerprint density at radius 3 is 2.70 bits per heavy atom. The Labute approximate surface area is 118 Å². The highest BCUT2D eigenvalue weighted by Gasteiger charge is 2.14. The van der Waals surface area contributed by atoms with Crippen LogP contribution in [0, 0.1) is 0 Å². The maximum absolute atomic E-state index is 9.26. The summed E-state index contributed by atoms with van der Waals surface area (Å²) in [6.45, 7) is 0.841. The van der Waals surface area contributed by atoms with Gasteiger partial charge >= 0.3 is 0 Å². The number of hydrogen-bond donors (Lipinski definition) is 2. The van der Waals surface area contributed by atoms with Crippen molar-refractivity contribution < 1.29 is 5.11 Å². The molecular formula is C16H19N3O. The molecule has 2 N–H and O–H groups in total. The maximum Gasteiger partial charge on any atom is 0.132 e. The van der Waals surface area contributed by atoms with Crippen LogP contribution in [-0.4, -0.2) is 21.6 Å². The largest absolute Gasteiger partial charge is 0.508 e. The van der Waals surface area contributed by atoms with Gasteiger partial charge in [0.15, 0.2) is 0 Å². The number of hydrogen-bond acceptors (Lipinski definition) is 4. The van der Waals surface area contributed by atoms with E-state index in [4.69, 9.17) is 0 Å². The average molecular weight is 269 g/mol. The number of fused-ring (bicyclic) bond motifs is 1. The van der Waals surface area contributed by atoms with Crippen LogP contribution in [-0.2, 0) is 19.3 Å². The second-order valence-electron chi connectivity index (χ2n) is 5.20. The van der Waals surface area contributed by atoms with Gasteiger partial charge in [-0.3, -0.25) is 0 Å². The second kappa shape index (κ2) is 5.90. The molecule has 0 bridgehead atoms. The molecule has 4 nitrogen and oxygen atoms in total. The fourth-order valence-corrected chi connectivity index (χ4v) is 2.66. The first-order valence-corrected chi connectivity index (χ1v) is 7.17. The van der Waals surface area contributed by atoms with Crippen LogP contribution in [0.5, 0.6) is 5.75 Å². The molecule has 1 aliphatic rings. The van der Waals surface area contributed by atoms with Gasteiger partial charge in [0.05, 0.1) is 0 Å². The Kier molecular flexibility index (Phi) is 3.81. The summed E-state index contributed by atoms with van der Waals surface area (Å²) in [6.07, 6.45) is 7.19. The van der Waals surface area contributed by atoms with Crippen molar-refractivity contribution in [1.29, 1.82) is 0 Å². The van der Waals surface area contributed by atoms with E-state index in [0.29, 0.717) is 5.75 Å². The van der Waals surface area contributed by atoms with Crippen LogP contribution in [0.25, 0.3) is 0 Å². The summed E-state index contributed by atoms with van der Waals surface area (Å²) in [4.78, 5) is 8.75. The lowest BCUT2D eigenvalue weighted by Gasteiger charge is -2.18. The molecule has 0 spiro atoms. The molecule has 1 aromatic carbocycles. The number of phenols is 1. The number of nitrogens with one attached hydrogen (secondary N) is 1. The topological polar surface area (TPSA) is 58.0 Å². The van der Waals surface area contributed by atoms with Crippen LogP contribution in [0.1, 0.15) is 29.7 Å². The third kappa shape index (κ3) is 2.90.